The molecule has 20 heavy (non-hydrogen) atoms. The number of hydrogen-bond acceptors (Lipinski definition) is 3. The first-order valence-electron chi connectivity index (χ1n) is 6.87. The van der Waals surface area contributed by atoms with E-state index in [4.69, 9.17) is 5.26 Å². The summed E-state index contributed by atoms with van der Waals surface area (Å²) in [6.07, 6.45) is 2.87. The van der Waals surface area contributed by atoms with Crippen molar-refractivity contribution in [3.63, 3.8) is 0 Å². The molecule has 1 saturated heterocycles. The molecule has 1 aliphatic rings. The number of rotatable bonds is 3. The van der Waals surface area contributed by atoms with E-state index in [0.717, 1.165) is 39.1 Å². The van der Waals surface area contributed by atoms with Gasteiger partial charge >= 0.3 is 0 Å². The van der Waals surface area contributed by atoms with E-state index in [1.165, 1.54) is 0 Å². The third-order valence-corrected chi connectivity index (χ3v) is 3.50. The third-order valence-electron chi connectivity index (χ3n) is 3.50. The second-order valence-corrected chi connectivity index (χ2v) is 4.93. The van der Waals surface area contributed by atoms with Gasteiger partial charge in [0.2, 0.25) is 0 Å². The molecule has 0 saturated carbocycles. The molecular formula is C16H19N3O. The van der Waals surface area contributed by atoms with E-state index in [0.29, 0.717) is 11.1 Å². The Morgan fingerprint density at radius 2 is 2.20 bits per heavy atom. The van der Waals surface area contributed by atoms with Crippen LogP contribution in [0, 0.1) is 11.3 Å². The number of amides is 1. The summed E-state index contributed by atoms with van der Waals surface area (Å²) in [5.74, 6) is 0.0163. The Kier molecular flexibility index (Phi) is 4.91. The van der Waals surface area contributed by atoms with Crippen LogP contribution in [0.15, 0.2) is 36.9 Å². The molecular weight excluding hydrogens is 250 g/mol. The van der Waals surface area contributed by atoms with Crippen molar-refractivity contribution < 1.29 is 4.79 Å². The van der Waals surface area contributed by atoms with Crippen molar-refractivity contribution in [1.82, 2.24) is 9.80 Å². The predicted molar refractivity (Wildman–Crippen MR) is 78.3 cm³/mol. The Morgan fingerprint density at radius 3 is 2.95 bits per heavy atom. The highest BCUT2D eigenvalue weighted by atomic mass is 16.2. The van der Waals surface area contributed by atoms with Gasteiger partial charge in [-0.15, -0.1) is 6.58 Å². The van der Waals surface area contributed by atoms with Gasteiger partial charge in [-0.2, -0.15) is 5.26 Å². The SMILES string of the molecule is C=CCN1CCCN(C(=O)c2cccc(C#N)c2)CC1. The van der Waals surface area contributed by atoms with Crippen LogP contribution in [-0.4, -0.2) is 48.4 Å². The van der Waals surface area contributed by atoms with Crippen LogP contribution < -0.4 is 0 Å². The Morgan fingerprint density at radius 1 is 1.35 bits per heavy atom. The molecule has 0 aromatic heterocycles. The van der Waals surface area contributed by atoms with Crippen LogP contribution >= 0.6 is 0 Å². The summed E-state index contributed by atoms with van der Waals surface area (Å²) >= 11 is 0. The lowest BCUT2D eigenvalue weighted by Gasteiger charge is -2.21. The number of nitriles is 1. The number of nitrogens with zero attached hydrogens (tertiary/aromatic N) is 3. The average molecular weight is 269 g/mol. The van der Waals surface area contributed by atoms with E-state index < -0.39 is 0 Å². The molecule has 1 heterocycles. The molecule has 1 amide bonds. The lowest BCUT2D eigenvalue weighted by atomic mass is 10.1. The van der Waals surface area contributed by atoms with Gasteiger partial charge in [-0.25, -0.2) is 0 Å². The maximum absolute atomic E-state index is 12.5. The summed E-state index contributed by atoms with van der Waals surface area (Å²) in [5, 5.41) is 8.90. The maximum Gasteiger partial charge on any atom is 0.253 e. The summed E-state index contributed by atoms with van der Waals surface area (Å²) in [6.45, 7) is 7.98. The quantitative estimate of drug-likeness (QED) is 0.787. The smallest absolute Gasteiger partial charge is 0.253 e. The Hall–Kier alpha value is -2.12. The molecule has 1 fully saturated rings. The van der Waals surface area contributed by atoms with Crippen molar-refractivity contribution in [2.24, 2.45) is 0 Å². The molecule has 2 rings (SSSR count). The van der Waals surface area contributed by atoms with Gasteiger partial charge in [0.05, 0.1) is 11.6 Å². The summed E-state index contributed by atoms with van der Waals surface area (Å²) in [4.78, 5) is 16.6. The first-order valence-corrected chi connectivity index (χ1v) is 6.87. The summed E-state index contributed by atoms with van der Waals surface area (Å²) < 4.78 is 0. The Bertz CT molecular complexity index is 533. The predicted octanol–water partition coefficient (Wildman–Crippen LogP) is 1.89. The molecule has 1 aromatic carbocycles. The zero-order chi connectivity index (χ0) is 14.4. The van der Waals surface area contributed by atoms with Gasteiger partial charge in [-0.1, -0.05) is 12.1 Å². The van der Waals surface area contributed by atoms with E-state index in [1.54, 1.807) is 24.3 Å². The molecule has 0 aliphatic carbocycles. The Balaban J connectivity index is 2.05. The minimum absolute atomic E-state index is 0.0163. The van der Waals surface area contributed by atoms with Crippen molar-refractivity contribution in [1.29, 1.82) is 5.26 Å². The van der Waals surface area contributed by atoms with E-state index in [-0.39, 0.29) is 5.91 Å². The van der Waals surface area contributed by atoms with Crippen LogP contribution in [0.25, 0.3) is 0 Å². The van der Waals surface area contributed by atoms with E-state index in [9.17, 15) is 4.79 Å². The number of carbonyl (C=O) groups is 1. The van der Waals surface area contributed by atoms with Crippen molar-refractivity contribution in [3.8, 4) is 6.07 Å². The van der Waals surface area contributed by atoms with Gasteiger partial charge in [0.25, 0.3) is 5.91 Å². The van der Waals surface area contributed by atoms with Gasteiger partial charge in [-0.3, -0.25) is 9.69 Å². The van der Waals surface area contributed by atoms with Crippen LogP contribution in [0.1, 0.15) is 22.3 Å². The molecule has 0 atom stereocenters. The fourth-order valence-electron chi connectivity index (χ4n) is 2.44. The first-order chi connectivity index (χ1) is 9.74. The summed E-state index contributed by atoms with van der Waals surface area (Å²) in [5.41, 5.74) is 1.13. The first kappa shape index (κ1) is 14.3. The standard InChI is InChI=1S/C16H19N3O/c1-2-7-18-8-4-9-19(11-10-18)16(20)15-6-3-5-14(12-15)13-17/h2-3,5-6,12H,1,4,7-11H2. The van der Waals surface area contributed by atoms with Crippen molar-refractivity contribution >= 4 is 5.91 Å². The maximum atomic E-state index is 12.5. The molecule has 1 aromatic rings. The van der Waals surface area contributed by atoms with Gasteiger partial charge in [-0.05, 0) is 24.6 Å². The van der Waals surface area contributed by atoms with E-state index in [2.05, 4.69) is 17.5 Å². The molecule has 0 N–H and O–H groups in total. The molecule has 0 unspecified atom stereocenters. The van der Waals surface area contributed by atoms with E-state index in [1.807, 2.05) is 11.0 Å². The second-order valence-electron chi connectivity index (χ2n) is 4.93. The van der Waals surface area contributed by atoms with Crippen molar-refractivity contribution in [2.75, 3.05) is 32.7 Å². The zero-order valence-electron chi connectivity index (χ0n) is 11.6. The second kappa shape index (κ2) is 6.88. The third kappa shape index (κ3) is 3.46. The van der Waals surface area contributed by atoms with Crippen molar-refractivity contribution in [2.45, 2.75) is 6.42 Å². The van der Waals surface area contributed by atoms with Crippen LogP contribution in [-0.2, 0) is 0 Å². The highest BCUT2D eigenvalue weighted by Crippen LogP contribution is 2.11. The highest BCUT2D eigenvalue weighted by Gasteiger charge is 2.19. The van der Waals surface area contributed by atoms with Crippen LogP contribution in [0.2, 0.25) is 0 Å². The minimum Gasteiger partial charge on any atom is -0.337 e. The normalized spacial score (nSPS) is 16.2. The lowest BCUT2D eigenvalue weighted by molar-refractivity contribution is 0.0762. The lowest BCUT2D eigenvalue weighted by Crippen LogP contribution is -2.35. The highest BCUT2D eigenvalue weighted by molar-refractivity contribution is 5.94. The fraction of sp³-hybridized carbons (Fsp3) is 0.375. The van der Waals surface area contributed by atoms with E-state index >= 15 is 0 Å². The van der Waals surface area contributed by atoms with Crippen LogP contribution in [0.3, 0.4) is 0 Å². The van der Waals surface area contributed by atoms with Gasteiger partial charge in [0, 0.05) is 38.3 Å². The number of benzene rings is 1. The molecule has 4 heteroatoms. The molecule has 104 valence electrons. The monoisotopic (exact) mass is 269 g/mol. The zero-order valence-corrected chi connectivity index (χ0v) is 11.6. The molecule has 1 aliphatic heterocycles. The molecule has 4 nitrogen and oxygen atoms in total. The number of carbonyl (C=O) groups excluding carboxylic acids is 1. The van der Waals surface area contributed by atoms with Gasteiger partial charge in [0.15, 0.2) is 0 Å². The largest absolute Gasteiger partial charge is 0.337 e. The van der Waals surface area contributed by atoms with Crippen LogP contribution in [0.4, 0.5) is 0 Å². The topological polar surface area (TPSA) is 47.3 Å². The Labute approximate surface area is 119 Å². The van der Waals surface area contributed by atoms with Crippen molar-refractivity contribution in [3.05, 3.63) is 48.0 Å². The molecule has 0 spiro atoms. The average Bonchev–Trinajstić information content (AvgIpc) is 2.73. The molecule has 0 bridgehead atoms. The summed E-state index contributed by atoms with van der Waals surface area (Å²) in [7, 11) is 0. The minimum atomic E-state index is 0.0163. The molecule has 0 radical (unpaired) electrons. The number of hydrogen-bond donors (Lipinski definition) is 0. The summed E-state index contributed by atoms with van der Waals surface area (Å²) in [6, 6.07) is 8.98. The van der Waals surface area contributed by atoms with Gasteiger partial charge in [0.1, 0.15) is 0 Å². The van der Waals surface area contributed by atoms with Gasteiger partial charge < -0.3 is 4.90 Å². The van der Waals surface area contributed by atoms with Crippen LogP contribution in [0.5, 0.6) is 0 Å². The fourth-order valence-corrected chi connectivity index (χ4v) is 2.44.